The standard InChI is InChI=1S/C25H38N4O3.HI/c1-26-25(29-13-11-22(12-14-29)32-18-23-10-2-3-15-31-23)27-17-19-6-4-9-21(16-19)28-24(30)20-7-5-8-20;/h4,6,9,16,20,22-23H,2-3,5,7-8,10-15,17-18H2,1H3,(H,26,27)(H,28,30);1H. The Labute approximate surface area is 215 Å². The van der Waals surface area contributed by atoms with Gasteiger partial charge in [-0.15, -0.1) is 24.0 Å². The fourth-order valence-corrected chi connectivity index (χ4v) is 4.60. The number of carbonyl (C=O) groups excluding carboxylic acids is 1. The lowest BCUT2D eigenvalue weighted by Gasteiger charge is -2.35. The molecular weight excluding hydrogens is 531 g/mol. The summed E-state index contributed by atoms with van der Waals surface area (Å²) in [5.41, 5.74) is 2.00. The smallest absolute Gasteiger partial charge is 0.227 e. The summed E-state index contributed by atoms with van der Waals surface area (Å²) in [6.45, 7) is 4.16. The summed E-state index contributed by atoms with van der Waals surface area (Å²) in [5, 5.41) is 6.54. The highest BCUT2D eigenvalue weighted by Crippen LogP contribution is 2.27. The first-order chi connectivity index (χ1) is 15.7. The number of nitrogens with one attached hydrogen (secondary N) is 2. The van der Waals surface area contributed by atoms with Gasteiger partial charge in [0.15, 0.2) is 5.96 Å². The van der Waals surface area contributed by atoms with Crippen molar-refractivity contribution in [2.45, 2.75) is 70.1 Å². The summed E-state index contributed by atoms with van der Waals surface area (Å²) in [4.78, 5) is 19.0. The van der Waals surface area contributed by atoms with E-state index in [1.807, 2.05) is 25.2 Å². The molecule has 0 aromatic heterocycles. The van der Waals surface area contributed by atoms with E-state index in [-0.39, 0.29) is 41.9 Å². The summed E-state index contributed by atoms with van der Waals surface area (Å²) in [7, 11) is 1.83. The van der Waals surface area contributed by atoms with Gasteiger partial charge in [-0.3, -0.25) is 9.79 Å². The molecule has 2 aliphatic heterocycles. The Kier molecular flexibility index (Phi) is 10.7. The molecule has 7 nitrogen and oxygen atoms in total. The van der Waals surface area contributed by atoms with Crippen LogP contribution in [-0.4, -0.2) is 62.3 Å². The predicted molar refractivity (Wildman–Crippen MR) is 142 cm³/mol. The zero-order valence-electron chi connectivity index (χ0n) is 19.8. The number of hydrogen-bond acceptors (Lipinski definition) is 4. The third-order valence-corrected chi connectivity index (χ3v) is 6.87. The average molecular weight is 571 g/mol. The van der Waals surface area contributed by atoms with Crippen molar-refractivity contribution in [2.24, 2.45) is 10.9 Å². The number of aliphatic imine (C=N–C) groups is 1. The lowest BCUT2D eigenvalue weighted by Crippen LogP contribution is -2.47. The molecule has 8 heteroatoms. The number of halogens is 1. The molecular formula is C25H39IN4O3. The van der Waals surface area contributed by atoms with Gasteiger partial charge >= 0.3 is 0 Å². The number of ether oxygens (including phenoxy) is 2. The third-order valence-electron chi connectivity index (χ3n) is 6.87. The number of amides is 1. The van der Waals surface area contributed by atoms with Gasteiger partial charge in [0.25, 0.3) is 0 Å². The number of carbonyl (C=O) groups is 1. The molecule has 0 radical (unpaired) electrons. The monoisotopic (exact) mass is 570 g/mol. The van der Waals surface area contributed by atoms with Crippen molar-refractivity contribution in [1.29, 1.82) is 0 Å². The minimum atomic E-state index is 0. The fraction of sp³-hybridized carbons (Fsp3) is 0.680. The van der Waals surface area contributed by atoms with Crippen LogP contribution in [0.1, 0.15) is 56.9 Å². The third kappa shape index (κ3) is 7.82. The number of likely N-dealkylation sites (tertiary alicyclic amines) is 1. The minimum absolute atomic E-state index is 0. The van der Waals surface area contributed by atoms with E-state index in [9.17, 15) is 4.79 Å². The van der Waals surface area contributed by atoms with Crippen molar-refractivity contribution in [1.82, 2.24) is 10.2 Å². The number of benzene rings is 1. The number of nitrogens with zero attached hydrogens (tertiary/aromatic N) is 2. The highest BCUT2D eigenvalue weighted by Gasteiger charge is 2.25. The van der Waals surface area contributed by atoms with Crippen LogP contribution >= 0.6 is 24.0 Å². The molecule has 1 aromatic rings. The SMILES string of the molecule is CN=C(NCc1cccc(NC(=O)C2CCC2)c1)N1CCC(OCC2CCCCO2)CC1.I. The second-order valence-electron chi connectivity index (χ2n) is 9.23. The lowest BCUT2D eigenvalue weighted by atomic mass is 9.85. The molecule has 3 fully saturated rings. The van der Waals surface area contributed by atoms with Crippen molar-refractivity contribution >= 4 is 41.5 Å². The van der Waals surface area contributed by atoms with Crippen molar-refractivity contribution in [3.63, 3.8) is 0 Å². The summed E-state index contributed by atoms with van der Waals surface area (Å²) >= 11 is 0. The van der Waals surface area contributed by atoms with Crippen molar-refractivity contribution < 1.29 is 14.3 Å². The van der Waals surface area contributed by atoms with Crippen LogP contribution in [0.3, 0.4) is 0 Å². The summed E-state index contributed by atoms with van der Waals surface area (Å²) in [5.74, 6) is 1.26. The molecule has 2 saturated heterocycles. The maximum absolute atomic E-state index is 12.2. The molecule has 1 atom stereocenters. The van der Waals surface area contributed by atoms with Crippen LogP contribution < -0.4 is 10.6 Å². The molecule has 1 saturated carbocycles. The van der Waals surface area contributed by atoms with Crippen LogP contribution in [0.5, 0.6) is 0 Å². The van der Waals surface area contributed by atoms with E-state index in [0.29, 0.717) is 12.6 Å². The fourth-order valence-electron chi connectivity index (χ4n) is 4.60. The van der Waals surface area contributed by atoms with Crippen LogP contribution in [0.15, 0.2) is 29.3 Å². The molecule has 2 heterocycles. The number of hydrogen-bond donors (Lipinski definition) is 2. The van der Waals surface area contributed by atoms with Gasteiger partial charge in [-0.05, 0) is 62.6 Å². The number of anilines is 1. The molecule has 1 aromatic carbocycles. The van der Waals surface area contributed by atoms with Crippen LogP contribution in [0, 0.1) is 5.92 Å². The molecule has 184 valence electrons. The van der Waals surface area contributed by atoms with Crippen LogP contribution in [0.4, 0.5) is 5.69 Å². The Morgan fingerprint density at radius 3 is 2.64 bits per heavy atom. The van der Waals surface area contributed by atoms with Crippen LogP contribution in [0.25, 0.3) is 0 Å². The van der Waals surface area contributed by atoms with E-state index in [1.54, 1.807) is 0 Å². The quantitative estimate of drug-likeness (QED) is 0.293. The lowest BCUT2D eigenvalue weighted by molar-refractivity contribution is -0.122. The molecule has 1 unspecified atom stereocenters. The topological polar surface area (TPSA) is 75.2 Å². The highest BCUT2D eigenvalue weighted by molar-refractivity contribution is 14.0. The number of guanidine groups is 1. The van der Waals surface area contributed by atoms with Gasteiger partial charge in [0.1, 0.15) is 0 Å². The van der Waals surface area contributed by atoms with E-state index < -0.39 is 0 Å². The van der Waals surface area contributed by atoms with Crippen molar-refractivity contribution in [3.05, 3.63) is 29.8 Å². The first-order valence-corrected chi connectivity index (χ1v) is 12.3. The maximum Gasteiger partial charge on any atom is 0.227 e. The Morgan fingerprint density at radius 1 is 1.15 bits per heavy atom. The van der Waals surface area contributed by atoms with E-state index in [0.717, 1.165) is 75.6 Å². The van der Waals surface area contributed by atoms with Crippen LogP contribution in [-0.2, 0) is 20.8 Å². The molecule has 1 amide bonds. The van der Waals surface area contributed by atoms with Crippen molar-refractivity contribution in [3.8, 4) is 0 Å². The minimum Gasteiger partial charge on any atom is -0.376 e. The second kappa shape index (κ2) is 13.5. The van der Waals surface area contributed by atoms with Gasteiger partial charge in [-0.25, -0.2) is 0 Å². The zero-order valence-corrected chi connectivity index (χ0v) is 22.1. The van der Waals surface area contributed by atoms with Gasteiger partial charge < -0.3 is 25.0 Å². The molecule has 0 spiro atoms. The van der Waals surface area contributed by atoms with Gasteiger partial charge in [-0.2, -0.15) is 0 Å². The molecule has 33 heavy (non-hydrogen) atoms. The predicted octanol–water partition coefficient (Wildman–Crippen LogP) is 4.17. The van der Waals surface area contributed by atoms with E-state index >= 15 is 0 Å². The van der Waals surface area contributed by atoms with Gasteiger partial charge in [0, 0.05) is 44.9 Å². The Hall–Kier alpha value is -1.39. The Morgan fingerprint density at radius 2 is 1.97 bits per heavy atom. The first-order valence-electron chi connectivity index (χ1n) is 12.3. The number of piperidine rings is 1. The normalized spacial score (nSPS) is 22.3. The van der Waals surface area contributed by atoms with Gasteiger partial charge in [0.05, 0.1) is 18.8 Å². The molecule has 3 aliphatic rings. The molecule has 2 N–H and O–H groups in total. The number of rotatable bonds is 7. The largest absolute Gasteiger partial charge is 0.376 e. The Balaban J connectivity index is 0.00000306. The second-order valence-corrected chi connectivity index (χ2v) is 9.23. The van der Waals surface area contributed by atoms with Crippen molar-refractivity contribution in [2.75, 3.05) is 38.7 Å². The molecule has 1 aliphatic carbocycles. The molecule has 4 rings (SSSR count). The van der Waals surface area contributed by atoms with E-state index in [2.05, 4.69) is 26.6 Å². The van der Waals surface area contributed by atoms with Gasteiger partial charge in [0.2, 0.25) is 5.91 Å². The summed E-state index contributed by atoms with van der Waals surface area (Å²) in [6, 6.07) is 8.07. The summed E-state index contributed by atoms with van der Waals surface area (Å²) in [6.07, 6.45) is 9.37. The van der Waals surface area contributed by atoms with Crippen LogP contribution in [0.2, 0.25) is 0 Å². The average Bonchev–Trinajstić information content (AvgIpc) is 2.78. The van der Waals surface area contributed by atoms with E-state index in [1.165, 1.54) is 19.3 Å². The first kappa shape index (κ1) is 26.2. The maximum atomic E-state index is 12.2. The Bertz CT molecular complexity index is 773. The highest BCUT2D eigenvalue weighted by atomic mass is 127. The molecule has 0 bridgehead atoms. The zero-order chi connectivity index (χ0) is 22.2. The summed E-state index contributed by atoms with van der Waals surface area (Å²) < 4.78 is 11.9. The van der Waals surface area contributed by atoms with E-state index in [4.69, 9.17) is 9.47 Å². The van der Waals surface area contributed by atoms with Gasteiger partial charge in [-0.1, -0.05) is 18.6 Å².